The quantitative estimate of drug-likeness (QED) is 0.861. The van der Waals surface area contributed by atoms with Gasteiger partial charge in [0.15, 0.2) is 0 Å². The third-order valence-electron chi connectivity index (χ3n) is 4.22. The van der Waals surface area contributed by atoms with Gasteiger partial charge in [-0.2, -0.15) is 0 Å². The molecule has 0 aliphatic carbocycles. The molecule has 1 N–H and O–H groups in total. The highest BCUT2D eigenvalue weighted by Crippen LogP contribution is 2.27. The minimum absolute atomic E-state index is 0. The SMILES string of the molecule is CCOc1ccccc1CN(C)C(=O)C1(OC)CCNCC1.Cl. The van der Waals surface area contributed by atoms with Crippen molar-refractivity contribution in [2.24, 2.45) is 0 Å². The van der Waals surface area contributed by atoms with E-state index in [1.54, 1.807) is 12.0 Å². The van der Waals surface area contributed by atoms with E-state index < -0.39 is 5.60 Å². The van der Waals surface area contributed by atoms with Crippen LogP contribution < -0.4 is 10.1 Å². The molecule has 0 spiro atoms. The van der Waals surface area contributed by atoms with E-state index in [9.17, 15) is 4.79 Å². The van der Waals surface area contributed by atoms with E-state index in [0.717, 1.165) is 24.4 Å². The van der Waals surface area contributed by atoms with E-state index in [1.165, 1.54) is 0 Å². The minimum Gasteiger partial charge on any atom is -0.494 e. The van der Waals surface area contributed by atoms with Crippen molar-refractivity contribution in [1.29, 1.82) is 0 Å². The van der Waals surface area contributed by atoms with Crippen LogP contribution in [0.1, 0.15) is 25.3 Å². The Bertz CT molecular complexity index is 504. The number of benzene rings is 1. The lowest BCUT2D eigenvalue weighted by Gasteiger charge is -2.37. The summed E-state index contributed by atoms with van der Waals surface area (Å²) < 4.78 is 11.3. The Morgan fingerprint density at radius 3 is 2.57 bits per heavy atom. The highest BCUT2D eigenvalue weighted by molar-refractivity contribution is 5.85. The summed E-state index contributed by atoms with van der Waals surface area (Å²) in [5, 5.41) is 3.27. The zero-order valence-corrected chi connectivity index (χ0v) is 14.9. The predicted molar refractivity (Wildman–Crippen MR) is 93.2 cm³/mol. The van der Waals surface area contributed by atoms with Gasteiger partial charge in [0, 0.05) is 26.3 Å². The summed E-state index contributed by atoms with van der Waals surface area (Å²) >= 11 is 0. The molecule has 1 fully saturated rings. The number of nitrogens with one attached hydrogen (secondary N) is 1. The summed E-state index contributed by atoms with van der Waals surface area (Å²) in [5.74, 6) is 0.879. The monoisotopic (exact) mass is 342 g/mol. The number of hydrogen-bond donors (Lipinski definition) is 1. The zero-order chi connectivity index (χ0) is 16.0. The summed E-state index contributed by atoms with van der Waals surface area (Å²) in [5.41, 5.74) is 0.320. The zero-order valence-electron chi connectivity index (χ0n) is 14.1. The number of hydrogen-bond acceptors (Lipinski definition) is 4. The molecule has 23 heavy (non-hydrogen) atoms. The average molecular weight is 343 g/mol. The standard InChI is InChI=1S/C17H26N2O3.ClH/c1-4-22-15-8-6-5-7-14(15)13-19(2)16(20)17(21-3)9-11-18-12-10-17;/h5-8,18H,4,9-13H2,1-3H3;1H. The molecular formula is C17H27ClN2O3. The molecule has 0 radical (unpaired) electrons. The first-order chi connectivity index (χ1) is 10.6. The number of piperidine rings is 1. The molecule has 0 unspecified atom stereocenters. The van der Waals surface area contributed by atoms with Crippen molar-refractivity contribution >= 4 is 18.3 Å². The van der Waals surface area contributed by atoms with Gasteiger partial charge < -0.3 is 19.7 Å². The van der Waals surface area contributed by atoms with Gasteiger partial charge in [0.05, 0.1) is 6.61 Å². The number of likely N-dealkylation sites (N-methyl/N-ethyl adjacent to an activating group) is 1. The molecule has 0 aromatic heterocycles. The molecule has 1 aromatic rings. The number of para-hydroxylation sites is 1. The fourth-order valence-electron chi connectivity index (χ4n) is 2.94. The van der Waals surface area contributed by atoms with Crippen molar-refractivity contribution in [1.82, 2.24) is 10.2 Å². The van der Waals surface area contributed by atoms with Crippen molar-refractivity contribution in [3.63, 3.8) is 0 Å². The fraction of sp³-hybridized carbons (Fsp3) is 0.588. The Kier molecular flexibility index (Phi) is 7.82. The van der Waals surface area contributed by atoms with Crippen LogP contribution in [-0.2, 0) is 16.1 Å². The number of amides is 1. The Hall–Kier alpha value is -1.30. The summed E-state index contributed by atoms with van der Waals surface area (Å²) in [7, 11) is 3.46. The van der Waals surface area contributed by atoms with Crippen LogP contribution >= 0.6 is 12.4 Å². The Morgan fingerprint density at radius 2 is 1.96 bits per heavy atom. The van der Waals surface area contributed by atoms with Gasteiger partial charge in [-0.05, 0) is 38.9 Å². The van der Waals surface area contributed by atoms with Crippen LogP contribution in [0.2, 0.25) is 0 Å². The summed E-state index contributed by atoms with van der Waals surface area (Å²) in [6.45, 7) is 4.71. The topological polar surface area (TPSA) is 50.8 Å². The van der Waals surface area contributed by atoms with Crippen LogP contribution in [0, 0.1) is 0 Å². The number of rotatable bonds is 6. The molecule has 2 rings (SSSR count). The predicted octanol–water partition coefficient (Wildman–Crippen LogP) is 2.23. The maximum absolute atomic E-state index is 12.9. The largest absolute Gasteiger partial charge is 0.494 e. The van der Waals surface area contributed by atoms with Gasteiger partial charge in [-0.15, -0.1) is 12.4 Å². The molecule has 0 saturated carbocycles. The van der Waals surface area contributed by atoms with Crippen LogP contribution in [0.4, 0.5) is 0 Å². The fourth-order valence-corrected chi connectivity index (χ4v) is 2.94. The Balaban J connectivity index is 0.00000264. The maximum atomic E-state index is 12.9. The van der Waals surface area contributed by atoms with E-state index in [0.29, 0.717) is 26.0 Å². The first-order valence-corrected chi connectivity index (χ1v) is 7.85. The van der Waals surface area contributed by atoms with Crippen LogP contribution in [0.25, 0.3) is 0 Å². The third-order valence-corrected chi connectivity index (χ3v) is 4.22. The smallest absolute Gasteiger partial charge is 0.254 e. The Morgan fingerprint density at radius 1 is 1.30 bits per heavy atom. The first kappa shape index (κ1) is 19.7. The maximum Gasteiger partial charge on any atom is 0.254 e. The van der Waals surface area contributed by atoms with E-state index in [-0.39, 0.29) is 18.3 Å². The number of methoxy groups -OCH3 is 1. The lowest BCUT2D eigenvalue weighted by atomic mass is 9.90. The van der Waals surface area contributed by atoms with Crippen LogP contribution in [0.15, 0.2) is 24.3 Å². The average Bonchev–Trinajstić information content (AvgIpc) is 2.56. The van der Waals surface area contributed by atoms with Crippen molar-refractivity contribution in [2.45, 2.75) is 31.9 Å². The molecule has 130 valence electrons. The van der Waals surface area contributed by atoms with Gasteiger partial charge in [0.1, 0.15) is 11.4 Å². The molecule has 1 aliphatic rings. The van der Waals surface area contributed by atoms with Crippen molar-refractivity contribution in [3.8, 4) is 5.75 Å². The molecule has 6 heteroatoms. The van der Waals surface area contributed by atoms with Crippen LogP contribution in [0.3, 0.4) is 0 Å². The summed E-state index contributed by atoms with van der Waals surface area (Å²) in [4.78, 5) is 14.6. The number of nitrogens with zero attached hydrogens (tertiary/aromatic N) is 1. The molecular weight excluding hydrogens is 316 g/mol. The molecule has 1 amide bonds. The second kappa shape index (κ2) is 9.11. The molecule has 1 heterocycles. The minimum atomic E-state index is -0.694. The lowest BCUT2D eigenvalue weighted by Crippen LogP contribution is -2.54. The van der Waals surface area contributed by atoms with Gasteiger partial charge in [0.25, 0.3) is 5.91 Å². The highest BCUT2D eigenvalue weighted by atomic mass is 35.5. The number of carbonyl (C=O) groups excluding carboxylic acids is 1. The number of carbonyl (C=O) groups is 1. The second-order valence-electron chi connectivity index (χ2n) is 5.65. The van der Waals surface area contributed by atoms with Gasteiger partial charge in [-0.25, -0.2) is 0 Å². The second-order valence-corrected chi connectivity index (χ2v) is 5.65. The highest BCUT2D eigenvalue weighted by Gasteiger charge is 2.41. The molecule has 1 saturated heterocycles. The molecule has 0 bridgehead atoms. The van der Waals surface area contributed by atoms with Crippen molar-refractivity contribution < 1.29 is 14.3 Å². The van der Waals surface area contributed by atoms with Crippen LogP contribution in [-0.4, -0.2) is 50.3 Å². The van der Waals surface area contributed by atoms with Crippen LogP contribution in [0.5, 0.6) is 5.75 Å². The van der Waals surface area contributed by atoms with Crippen molar-refractivity contribution in [3.05, 3.63) is 29.8 Å². The van der Waals surface area contributed by atoms with Gasteiger partial charge in [-0.3, -0.25) is 4.79 Å². The molecule has 1 aliphatic heterocycles. The molecule has 0 atom stereocenters. The van der Waals surface area contributed by atoms with Gasteiger partial charge in [-0.1, -0.05) is 18.2 Å². The summed E-state index contributed by atoms with van der Waals surface area (Å²) in [6.07, 6.45) is 1.42. The number of ether oxygens (including phenoxy) is 2. The third kappa shape index (κ3) is 4.59. The van der Waals surface area contributed by atoms with E-state index >= 15 is 0 Å². The van der Waals surface area contributed by atoms with Gasteiger partial charge in [0.2, 0.25) is 0 Å². The normalized spacial score (nSPS) is 16.3. The first-order valence-electron chi connectivity index (χ1n) is 7.85. The molecule has 1 aromatic carbocycles. The summed E-state index contributed by atoms with van der Waals surface area (Å²) in [6, 6.07) is 7.84. The number of halogens is 1. The van der Waals surface area contributed by atoms with E-state index in [1.807, 2.05) is 38.2 Å². The van der Waals surface area contributed by atoms with E-state index in [4.69, 9.17) is 9.47 Å². The lowest BCUT2D eigenvalue weighted by molar-refractivity contribution is -0.157. The van der Waals surface area contributed by atoms with E-state index in [2.05, 4.69) is 5.32 Å². The molecule has 5 nitrogen and oxygen atoms in total. The Labute approximate surface area is 144 Å². The van der Waals surface area contributed by atoms with Crippen molar-refractivity contribution in [2.75, 3.05) is 33.9 Å². The van der Waals surface area contributed by atoms with Gasteiger partial charge >= 0.3 is 0 Å².